The Morgan fingerprint density at radius 2 is 2.00 bits per heavy atom. The summed E-state index contributed by atoms with van der Waals surface area (Å²) in [6, 6.07) is 5.83. The molecule has 1 aromatic carbocycles. The Bertz CT molecular complexity index is 434. The van der Waals surface area contributed by atoms with Crippen molar-refractivity contribution >= 4 is 18.4 Å². The third-order valence-electron chi connectivity index (χ3n) is 3.94. The third-order valence-corrected chi connectivity index (χ3v) is 3.94. The Hall–Kier alpha value is -1.13. The highest BCUT2D eigenvalue weighted by atomic mass is 35.5. The molecule has 3 nitrogen and oxygen atoms in total. The SMILES string of the molecule is CCC(NC(c1ccc(F)cc1)C1CCC1)C(=O)O.Cl. The zero-order valence-electron chi connectivity index (χ0n) is 11.5. The minimum atomic E-state index is -0.825. The van der Waals surface area contributed by atoms with E-state index in [4.69, 9.17) is 5.11 Å². The van der Waals surface area contributed by atoms with Gasteiger partial charge in [0.1, 0.15) is 11.9 Å². The highest BCUT2D eigenvalue weighted by molar-refractivity contribution is 5.85. The molecular formula is C15H21ClFNO2. The van der Waals surface area contributed by atoms with Gasteiger partial charge in [-0.1, -0.05) is 25.5 Å². The normalized spacial score (nSPS) is 17.7. The van der Waals surface area contributed by atoms with Crippen molar-refractivity contribution in [2.45, 2.75) is 44.7 Å². The minimum Gasteiger partial charge on any atom is -0.480 e. The molecule has 2 atom stereocenters. The fourth-order valence-electron chi connectivity index (χ4n) is 2.53. The Morgan fingerprint density at radius 1 is 1.40 bits per heavy atom. The van der Waals surface area contributed by atoms with Crippen molar-refractivity contribution in [2.24, 2.45) is 5.92 Å². The van der Waals surface area contributed by atoms with Crippen molar-refractivity contribution in [3.8, 4) is 0 Å². The van der Waals surface area contributed by atoms with Crippen LogP contribution in [0.1, 0.15) is 44.2 Å². The van der Waals surface area contributed by atoms with E-state index in [1.165, 1.54) is 18.6 Å². The van der Waals surface area contributed by atoms with Gasteiger partial charge >= 0.3 is 5.97 Å². The van der Waals surface area contributed by atoms with Gasteiger partial charge in [-0.3, -0.25) is 10.1 Å². The molecule has 1 saturated carbocycles. The summed E-state index contributed by atoms with van der Waals surface area (Å²) in [5, 5.41) is 12.4. The van der Waals surface area contributed by atoms with E-state index in [0.717, 1.165) is 18.4 Å². The molecule has 0 spiro atoms. The molecule has 0 aliphatic heterocycles. The van der Waals surface area contributed by atoms with Crippen molar-refractivity contribution in [1.29, 1.82) is 0 Å². The number of carboxylic acid groups (broad SMARTS) is 1. The van der Waals surface area contributed by atoms with E-state index in [2.05, 4.69) is 5.32 Å². The number of hydrogen-bond acceptors (Lipinski definition) is 2. The third kappa shape index (κ3) is 3.93. The molecule has 0 radical (unpaired) electrons. The quantitative estimate of drug-likeness (QED) is 0.845. The van der Waals surface area contributed by atoms with Crippen LogP contribution in [0, 0.1) is 11.7 Å². The van der Waals surface area contributed by atoms with Crippen LogP contribution < -0.4 is 5.32 Å². The predicted molar refractivity (Wildman–Crippen MR) is 78.6 cm³/mol. The first-order valence-corrected chi connectivity index (χ1v) is 6.86. The zero-order valence-corrected chi connectivity index (χ0v) is 12.3. The number of halogens is 2. The molecule has 1 aliphatic rings. The summed E-state index contributed by atoms with van der Waals surface area (Å²) in [4.78, 5) is 11.2. The summed E-state index contributed by atoms with van der Waals surface area (Å²) in [6.07, 6.45) is 3.93. The van der Waals surface area contributed by atoms with Crippen LogP contribution in [0.15, 0.2) is 24.3 Å². The number of hydrogen-bond donors (Lipinski definition) is 2. The maximum atomic E-state index is 13.0. The van der Waals surface area contributed by atoms with Crippen LogP contribution in [0.4, 0.5) is 4.39 Å². The van der Waals surface area contributed by atoms with E-state index in [-0.39, 0.29) is 24.3 Å². The standard InChI is InChI=1S/C15H20FNO2.ClH/c1-2-13(15(18)19)17-14(10-4-3-5-10)11-6-8-12(16)9-7-11;/h6-10,13-14,17H,2-5H2,1H3,(H,18,19);1H. The van der Waals surface area contributed by atoms with E-state index in [9.17, 15) is 9.18 Å². The molecule has 2 unspecified atom stereocenters. The van der Waals surface area contributed by atoms with E-state index < -0.39 is 12.0 Å². The summed E-state index contributed by atoms with van der Waals surface area (Å²) in [6.45, 7) is 1.86. The molecule has 112 valence electrons. The van der Waals surface area contributed by atoms with Gasteiger partial charge in [-0.15, -0.1) is 12.4 Å². The van der Waals surface area contributed by atoms with Gasteiger partial charge in [0.05, 0.1) is 0 Å². The van der Waals surface area contributed by atoms with Gasteiger partial charge in [-0.25, -0.2) is 4.39 Å². The molecule has 1 fully saturated rings. The monoisotopic (exact) mass is 301 g/mol. The minimum absolute atomic E-state index is 0. The van der Waals surface area contributed by atoms with Crippen molar-refractivity contribution in [3.63, 3.8) is 0 Å². The van der Waals surface area contributed by atoms with Gasteiger partial charge < -0.3 is 5.11 Å². The molecule has 0 heterocycles. The van der Waals surface area contributed by atoms with Gasteiger partial charge in [-0.2, -0.15) is 0 Å². The number of aliphatic carboxylic acids is 1. The van der Waals surface area contributed by atoms with Crippen LogP contribution in [-0.4, -0.2) is 17.1 Å². The van der Waals surface area contributed by atoms with Crippen molar-refractivity contribution in [3.05, 3.63) is 35.6 Å². The summed E-state index contributed by atoms with van der Waals surface area (Å²) in [5.74, 6) is -0.630. The summed E-state index contributed by atoms with van der Waals surface area (Å²) in [7, 11) is 0. The Balaban J connectivity index is 0.00000200. The maximum absolute atomic E-state index is 13.0. The lowest BCUT2D eigenvalue weighted by Crippen LogP contribution is -2.42. The molecule has 0 saturated heterocycles. The van der Waals surface area contributed by atoms with Gasteiger partial charge in [0.15, 0.2) is 0 Å². The highest BCUT2D eigenvalue weighted by Gasteiger charge is 2.31. The van der Waals surface area contributed by atoms with Gasteiger partial charge in [-0.05, 0) is 42.9 Å². The van der Waals surface area contributed by atoms with Crippen LogP contribution in [0.25, 0.3) is 0 Å². The zero-order chi connectivity index (χ0) is 13.8. The molecule has 0 bridgehead atoms. The lowest BCUT2D eigenvalue weighted by Gasteiger charge is -2.36. The average Bonchev–Trinajstić information content (AvgIpc) is 2.32. The van der Waals surface area contributed by atoms with Crippen LogP contribution in [-0.2, 0) is 4.79 Å². The summed E-state index contributed by atoms with van der Waals surface area (Å²) < 4.78 is 13.0. The molecule has 2 rings (SSSR count). The first kappa shape index (κ1) is 16.9. The van der Waals surface area contributed by atoms with Gasteiger partial charge in [0.2, 0.25) is 0 Å². The van der Waals surface area contributed by atoms with E-state index in [1.807, 2.05) is 6.92 Å². The molecule has 5 heteroatoms. The number of carboxylic acids is 1. The summed E-state index contributed by atoms with van der Waals surface area (Å²) in [5.41, 5.74) is 0.978. The number of benzene rings is 1. The van der Waals surface area contributed by atoms with Crippen LogP contribution >= 0.6 is 12.4 Å². The largest absolute Gasteiger partial charge is 0.480 e. The molecule has 20 heavy (non-hydrogen) atoms. The fourth-order valence-corrected chi connectivity index (χ4v) is 2.53. The molecule has 2 N–H and O–H groups in total. The molecular weight excluding hydrogens is 281 g/mol. The van der Waals surface area contributed by atoms with Crippen molar-refractivity contribution in [1.82, 2.24) is 5.32 Å². The average molecular weight is 302 g/mol. The topological polar surface area (TPSA) is 49.3 Å². The first-order valence-electron chi connectivity index (χ1n) is 6.86. The lowest BCUT2D eigenvalue weighted by molar-refractivity contribution is -0.140. The van der Waals surface area contributed by atoms with Gasteiger partial charge in [0.25, 0.3) is 0 Å². The number of carbonyl (C=O) groups is 1. The number of rotatable bonds is 6. The maximum Gasteiger partial charge on any atom is 0.320 e. The molecule has 0 aromatic heterocycles. The van der Waals surface area contributed by atoms with Crippen LogP contribution in [0.2, 0.25) is 0 Å². The molecule has 1 aromatic rings. The van der Waals surface area contributed by atoms with E-state index in [0.29, 0.717) is 12.3 Å². The second kappa shape index (κ2) is 7.60. The van der Waals surface area contributed by atoms with Crippen LogP contribution in [0.3, 0.4) is 0 Å². The second-order valence-electron chi connectivity index (χ2n) is 5.19. The smallest absolute Gasteiger partial charge is 0.320 e. The van der Waals surface area contributed by atoms with Crippen molar-refractivity contribution in [2.75, 3.05) is 0 Å². The Labute approximate surface area is 125 Å². The second-order valence-corrected chi connectivity index (χ2v) is 5.19. The Morgan fingerprint density at radius 3 is 2.40 bits per heavy atom. The van der Waals surface area contributed by atoms with Crippen molar-refractivity contribution < 1.29 is 14.3 Å². The lowest BCUT2D eigenvalue weighted by atomic mass is 9.77. The highest BCUT2D eigenvalue weighted by Crippen LogP contribution is 2.38. The van der Waals surface area contributed by atoms with E-state index >= 15 is 0 Å². The molecule has 1 aliphatic carbocycles. The van der Waals surface area contributed by atoms with E-state index in [1.54, 1.807) is 12.1 Å². The fraction of sp³-hybridized carbons (Fsp3) is 0.533. The van der Waals surface area contributed by atoms with Gasteiger partial charge in [0, 0.05) is 6.04 Å². The molecule has 0 amide bonds. The number of nitrogens with one attached hydrogen (secondary N) is 1. The summed E-state index contributed by atoms with van der Waals surface area (Å²) >= 11 is 0. The van der Waals surface area contributed by atoms with Crippen LogP contribution in [0.5, 0.6) is 0 Å². The first-order chi connectivity index (χ1) is 9.11. The Kier molecular flexibility index (Phi) is 6.43. The predicted octanol–water partition coefficient (Wildman–Crippen LogP) is 3.54.